The van der Waals surface area contributed by atoms with E-state index in [9.17, 15) is 10.1 Å². The predicted molar refractivity (Wildman–Crippen MR) is 114 cm³/mol. The van der Waals surface area contributed by atoms with Gasteiger partial charge in [-0.2, -0.15) is 5.26 Å². The summed E-state index contributed by atoms with van der Waals surface area (Å²) in [5.74, 6) is -0.454. The number of hydrogen-bond acceptors (Lipinski definition) is 2. The van der Waals surface area contributed by atoms with Crippen LogP contribution in [0.25, 0.3) is 11.8 Å². The number of anilines is 1. The van der Waals surface area contributed by atoms with Crippen molar-refractivity contribution in [2.24, 2.45) is 0 Å². The zero-order valence-corrected chi connectivity index (χ0v) is 16.7. The highest BCUT2D eigenvalue weighted by molar-refractivity contribution is 6.30. The predicted octanol–water partition coefficient (Wildman–Crippen LogP) is 5.60. The molecular weight excluding hydrogens is 370 g/mol. The second kappa shape index (κ2) is 8.16. The van der Waals surface area contributed by atoms with Crippen molar-refractivity contribution in [3.63, 3.8) is 0 Å². The number of nitrogens with one attached hydrogen (secondary N) is 1. The summed E-state index contributed by atoms with van der Waals surface area (Å²) in [6, 6.07) is 19.0. The molecule has 0 aliphatic heterocycles. The first kappa shape index (κ1) is 19.5. The highest BCUT2D eigenvalue weighted by Crippen LogP contribution is 2.23. The number of carbonyl (C=O) groups excluding carboxylic acids is 1. The number of halogens is 1. The molecule has 2 aromatic carbocycles. The van der Waals surface area contributed by atoms with Crippen molar-refractivity contribution in [2.45, 2.75) is 20.8 Å². The van der Waals surface area contributed by atoms with Crippen molar-refractivity contribution in [1.29, 1.82) is 5.26 Å². The number of nitriles is 1. The van der Waals surface area contributed by atoms with Gasteiger partial charge in [-0.25, -0.2) is 0 Å². The van der Waals surface area contributed by atoms with Crippen LogP contribution < -0.4 is 5.32 Å². The van der Waals surface area contributed by atoms with Gasteiger partial charge in [-0.3, -0.25) is 4.79 Å². The Morgan fingerprint density at radius 3 is 2.32 bits per heavy atom. The minimum atomic E-state index is -0.454. The van der Waals surface area contributed by atoms with E-state index in [1.54, 1.807) is 30.3 Å². The van der Waals surface area contributed by atoms with E-state index < -0.39 is 5.91 Å². The fraction of sp³-hybridized carbons (Fsp3) is 0.130. The number of aryl methyl sites for hydroxylation is 2. The summed E-state index contributed by atoms with van der Waals surface area (Å²) in [6.07, 6.45) is 1.62. The van der Waals surface area contributed by atoms with Crippen LogP contribution in [0.3, 0.4) is 0 Å². The molecule has 0 atom stereocenters. The van der Waals surface area contributed by atoms with Crippen molar-refractivity contribution in [3.05, 3.63) is 87.7 Å². The highest BCUT2D eigenvalue weighted by Gasteiger charge is 2.14. The largest absolute Gasteiger partial charge is 0.321 e. The van der Waals surface area contributed by atoms with Gasteiger partial charge in [-0.15, -0.1) is 0 Å². The van der Waals surface area contributed by atoms with Crippen LogP contribution in [0.15, 0.2) is 60.2 Å². The van der Waals surface area contributed by atoms with Crippen molar-refractivity contribution in [2.75, 3.05) is 5.32 Å². The lowest BCUT2D eigenvalue weighted by Crippen LogP contribution is -2.13. The van der Waals surface area contributed by atoms with Gasteiger partial charge in [0, 0.05) is 27.8 Å². The summed E-state index contributed by atoms with van der Waals surface area (Å²) >= 11 is 5.86. The third-order valence-electron chi connectivity index (χ3n) is 4.53. The lowest BCUT2D eigenvalue weighted by molar-refractivity contribution is -0.112. The molecule has 1 N–H and O–H groups in total. The number of amides is 1. The van der Waals surface area contributed by atoms with Gasteiger partial charge in [0.15, 0.2) is 0 Å². The Hall–Kier alpha value is -3.29. The summed E-state index contributed by atoms with van der Waals surface area (Å²) in [4.78, 5) is 12.5. The number of rotatable bonds is 4. The minimum Gasteiger partial charge on any atom is -0.321 e. The SMILES string of the molecule is Cc1ccc(-n2c(C)cc(C=C(C#N)C(=O)Nc3ccc(Cl)cc3)c2C)cc1. The number of benzene rings is 2. The third kappa shape index (κ3) is 4.16. The summed E-state index contributed by atoms with van der Waals surface area (Å²) in [7, 11) is 0. The summed E-state index contributed by atoms with van der Waals surface area (Å²) in [5.41, 5.74) is 5.69. The van der Waals surface area contributed by atoms with Gasteiger partial charge in [0.2, 0.25) is 0 Å². The molecule has 1 heterocycles. The standard InChI is InChI=1S/C23H20ClN3O/c1-15-4-10-22(11-5-15)27-16(2)12-18(17(27)3)13-19(14-25)23(28)26-21-8-6-20(24)7-9-21/h4-13H,1-3H3,(H,26,28). The zero-order chi connectivity index (χ0) is 20.3. The van der Waals surface area contributed by atoms with Crippen molar-refractivity contribution < 1.29 is 4.79 Å². The normalized spacial score (nSPS) is 11.2. The lowest BCUT2D eigenvalue weighted by Gasteiger charge is -2.10. The van der Waals surface area contributed by atoms with Gasteiger partial charge < -0.3 is 9.88 Å². The number of nitrogens with zero attached hydrogens (tertiary/aromatic N) is 2. The first-order valence-corrected chi connectivity index (χ1v) is 9.21. The smallest absolute Gasteiger partial charge is 0.266 e. The van der Waals surface area contributed by atoms with Crippen molar-refractivity contribution in [1.82, 2.24) is 4.57 Å². The van der Waals surface area contributed by atoms with E-state index in [1.807, 2.05) is 32.9 Å². The van der Waals surface area contributed by atoms with Gasteiger partial charge >= 0.3 is 0 Å². The minimum absolute atomic E-state index is 0.0408. The van der Waals surface area contributed by atoms with Crippen LogP contribution in [0, 0.1) is 32.1 Å². The fourth-order valence-corrected chi connectivity index (χ4v) is 3.19. The summed E-state index contributed by atoms with van der Waals surface area (Å²) in [5, 5.41) is 12.8. The van der Waals surface area contributed by atoms with Gasteiger partial charge in [0.1, 0.15) is 11.6 Å². The van der Waals surface area contributed by atoms with E-state index in [0.29, 0.717) is 10.7 Å². The Kier molecular flexibility index (Phi) is 5.67. The monoisotopic (exact) mass is 389 g/mol. The van der Waals surface area contributed by atoms with Crippen LogP contribution in [0.5, 0.6) is 0 Å². The quantitative estimate of drug-likeness (QED) is 0.466. The maximum atomic E-state index is 12.5. The molecule has 1 aromatic heterocycles. The molecule has 140 valence electrons. The first-order chi connectivity index (χ1) is 13.4. The molecule has 0 bridgehead atoms. The molecule has 5 heteroatoms. The Morgan fingerprint density at radius 1 is 1.07 bits per heavy atom. The fourth-order valence-electron chi connectivity index (χ4n) is 3.06. The van der Waals surface area contributed by atoms with Crippen LogP contribution in [-0.4, -0.2) is 10.5 Å². The Balaban J connectivity index is 1.91. The number of hydrogen-bond donors (Lipinski definition) is 1. The van der Waals surface area contributed by atoms with E-state index >= 15 is 0 Å². The molecule has 4 nitrogen and oxygen atoms in total. The Bertz CT molecular complexity index is 1080. The Morgan fingerprint density at radius 2 is 1.71 bits per heavy atom. The van der Waals surface area contributed by atoms with Crippen LogP contribution in [0.4, 0.5) is 5.69 Å². The molecule has 28 heavy (non-hydrogen) atoms. The number of aromatic nitrogens is 1. The molecule has 0 saturated carbocycles. The van der Waals surface area contributed by atoms with Crippen molar-refractivity contribution in [3.8, 4) is 11.8 Å². The first-order valence-electron chi connectivity index (χ1n) is 8.83. The topological polar surface area (TPSA) is 57.8 Å². The third-order valence-corrected chi connectivity index (χ3v) is 4.78. The molecular formula is C23H20ClN3O. The maximum absolute atomic E-state index is 12.5. The number of carbonyl (C=O) groups is 1. The lowest BCUT2D eigenvalue weighted by atomic mass is 10.1. The van der Waals surface area contributed by atoms with Gasteiger partial charge in [-0.1, -0.05) is 29.3 Å². The van der Waals surface area contributed by atoms with Crippen molar-refractivity contribution >= 4 is 29.3 Å². The maximum Gasteiger partial charge on any atom is 0.266 e. The van der Waals surface area contributed by atoms with E-state index in [1.165, 1.54) is 5.56 Å². The van der Waals surface area contributed by atoms with Gasteiger partial charge in [-0.05, 0) is 74.9 Å². The average molecular weight is 390 g/mol. The zero-order valence-electron chi connectivity index (χ0n) is 16.0. The molecule has 0 aliphatic carbocycles. The molecule has 0 fully saturated rings. The molecule has 3 rings (SSSR count). The summed E-state index contributed by atoms with van der Waals surface area (Å²) < 4.78 is 2.11. The molecule has 3 aromatic rings. The van der Waals surface area contributed by atoms with Gasteiger partial charge in [0.25, 0.3) is 5.91 Å². The van der Waals surface area contributed by atoms with Crippen LogP contribution in [-0.2, 0) is 4.79 Å². The average Bonchev–Trinajstić information content (AvgIpc) is 2.95. The van der Waals surface area contributed by atoms with E-state index in [-0.39, 0.29) is 5.57 Å². The molecule has 0 spiro atoms. The summed E-state index contributed by atoms with van der Waals surface area (Å²) in [6.45, 7) is 6.03. The molecule has 0 aliphatic rings. The molecule has 1 amide bonds. The van der Waals surface area contributed by atoms with Crippen LogP contribution >= 0.6 is 11.6 Å². The van der Waals surface area contributed by atoms with E-state index in [0.717, 1.165) is 22.6 Å². The van der Waals surface area contributed by atoms with Gasteiger partial charge in [0.05, 0.1) is 0 Å². The molecule has 0 unspecified atom stereocenters. The van der Waals surface area contributed by atoms with E-state index in [4.69, 9.17) is 11.6 Å². The Labute approximate surface area is 169 Å². The van der Waals surface area contributed by atoms with Crippen LogP contribution in [0.1, 0.15) is 22.5 Å². The highest BCUT2D eigenvalue weighted by atomic mass is 35.5. The molecule has 0 radical (unpaired) electrons. The molecule has 0 saturated heterocycles. The second-order valence-electron chi connectivity index (χ2n) is 6.63. The van der Waals surface area contributed by atoms with Crippen LogP contribution in [0.2, 0.25) is 5.02 Å². The second-order valence-corrected chi connectivity index (χ2v) is 7.06. The van der Waals surface area contributed by atoms with E-state index in [2.05, 4.69) is 34.1 Å².